The van der Waals surface area contributed by atoms with E-state index in [1.807, 2.05) is 0 Å². The van der Waals surface area contributed by atoms with Crippen LogP contribution in [-0.2, 0) is 0 Å². The zero-order valence-corrected chi connectivity index (χ0v) is 14.1. The molecule has 0 atom stereocenters. The molecule has 3 N–H and O–H groups in total. The molecule has 0 aliphatic heterocycles. The van der Waals surface area contributed by atoms with Crippen molar-refractivity contribution in [3.05, 3.63) is 77.6 Å². The zero-order chi connectivity index (χ0) is 19.8. The second-order valence-electron chi connectivity index (χ2n) is 5.93. The van der Waals surface area contributed by atoms with Crippen LogP contribution in [0.2, 0.25) is 0 Å². The van der Waals surface area contributed by atoms with E-state index < -0.39 is 34.5 Å². The molecular formula is C19H11F2N5O2. The third-order valence-corrected chi connectivity index (χ3v) is 4.25. The highest BCUT2D eigenvalue weighted by Crippen LogP contribution is 2.27. The van der Waals surface area contributed by atoms with Gasteiger partial charge in [0.15, 0.2) is 0 Å². The molecule has 3 heterocycles. The maximum absolute atomic E-state index is 14.6. The van der Waals surface area contributed by atoms with Crippen molar-refractivity contribution in [2.45, 2.75) is 0 Å². The summed E-state index contributed by atoms with van der Waals surface area (Å²) in [5.41, 5.74) is 5.30. The maximum Gasteiger partial charge on any atom is 0.251 e. The maximum atomic E-state index is 14.6. The van der Waals surface area contributed by atoms with Gasteiger partial charge < -0.3 is 10.7 Å². The van der Waals surface area contributed by atoms with Crippen molar-refractivity contribution < 1.29 is 18.4 Å². The molecule has 0 bridgehead atoms. The normalized spacial score (nSPS) is 10.9. The Kier molecular flexibility index (Phi) is 4.11. The predicted octanol–water partition coefficient (Wildman–Crippen LogP) is 2.63. The van der Waals surface area contributed by atoms with Crippen LogP contribution in [0.5, 0.6) is 0 Å². The van der Waals surface area contributed by atoms with E-state index in [4.69, 9.17) is 5.73 Å². The first-order valence-electron chi connectivity index (χ1n) is 8.02. The molecule has 0 aliphatic carbocycles. The number of fused-ring (bicyclic) bond motifs is 1. The van der Waals surface area contributed by atoms with Crippen LogP contribution in [0.4, 0.5) is 8.78 Å². The van der Waals surface area contributed by atoms with Crippen LogP contribution in [0, 0.1) is 11.6 Å². The molecule has 0 saturated carbocycles. The fourth-order valence-electron chi connectivity index (χ4n) is 2.88. The number of pyridine rings is 1. The summed E-state index contributed by atoms with van der Waals surface area (Å²) in [6.45, 7) is 0. The van der Waals surface area contributed by atoms with Crippen LogP contribution >= 0.6 is 0 Å². The summed E-state index contributed by atoms with van der Waals surface area (Å²) in [7, 11) is 0. The molecular weight excluding hydrogens is 368 g/mol. The number of halogens is 2. The Labute approximate surface area is 156 Å². The van der Waals surface area contributed by atoms with E-state index in [9.17, 15) is 18.4 Å². The van der Waals surface area contributed by atoms with Crippen molar-refractivity contribution in [2.24, 2.45) is 5.73 Å². The van der Waals surface area contributed by atoms with Crippen molar-refractivity contribution in [1.82, 2.24) is 19.9 Å². The third kappa shape index (κ3) is 2.78. The highest BCUT2D eigenvalue weighted by atomic mass is 19.1. The predicted molar refractivity (Wildman–Crippen MR) is 95.4 cm³/mol. The average Bonchev–Trinajstić information content (AvgIpc) is 3.11. The minimum atomic E-state index is -1.30. The zero-order valence-electron chi connectivity index (χ0n) is 14.1. The smallest absolute Gasteiger partial charge is 0.251 e. The van der Waals surface area contributed by atoms with Gasteiger partial charge in [0.25, 0.3) is 5.91 Å². The number of aromatic nitrogens is 4. The molecule has 0 spiro atoms. The number of primary amides is 1. The van der Waals surface area contributed by atoms with Crippen LogP contribution in [0.25, 0.3) is 22.2 Å². The lowest BCUT2D eigenvalue weighted by Gasteiger charge is -2.07. The summed E-state index contributed by atoms with van der Waals surface area (Å²) in [6, 6.07) is 3.36. The first-order chi connectivity index (χ1) is 13.5. The molecule has 0 unspecified atom stereocenters. The van der Waals surface area contributed by atoms with E-state index in [1.54, 1.807) is 24.7 Å². The number of hydrogen-bond donors (Lipinski definition) is 2. The minimum Gasteiger partial charge on any atom is -0.366 e. The van der Waals surface area contributed by atoms with E-state index in [2.05, 4.69) is 19.9 Å². The molecule has 4 rings (SSSR count). The molecule has 0 fully saturated rings. The molecule has 1 aromatic carbocycles. The highest BCUT2D eigenvalue weighted by Gasteiger charge is 2.25. The van der Waals surface area contributed by atoms with Gasteiger partial charge in [0.05, 0.1) is 11.1 Å². The number of nitrogens with two attached hydrogens (primary N) is 1. The van der Waals surface area contributed by atoms with Crippen molar-refractivity contribution in [3.8, 4) is 11.1 Å². The average molecular weight is 379 g/mol. The highest BCUT2D eigenvalue weighted by molar-refractivity contribution is 6.17. The number of amides is 1. The monoisotopic (exact) mass is 379 g/mol. The molecule has 1 amide bonds. The van der Waals surface area contributed by atoms with Crippen molar-refractivity contribution in [3.63, 3.8) is 0 Å². The van der Waals surface area contributed by atoms with Gasteiger partial charge in [-0.2, -0.15) is 0 Å². The molecule has 28 heavy (non-hydrogen) atoms. The Morgan fingerprint density at radius 2 is 1.75 bits per heavy atom. The number of carbonyl (C=O) groups excluding carboxylic acids is 2. The van der Waals surface area contributed by atoms with Crippen LogP contribution in [0.1, 0.15) is 26.3 Å². The first-order valence-corrected chi connectivity index (χ1v) is 8.02. The number of ketones is 1. The Morgan fingerprint density at radius 1 is 1.00 bits per heavy atom. The van der Waals surface area contributed by atoms with Crippen molar-refractivity contribution in [2.75, 3.05) is 0 Å². The topological polar surface area (TPSA) is 115 Å². The van der Waals surface area contributed by atoms with Gasteiger partial charge in [0.1, 0.15) is 23.6 Å². The van der Waals surface area contributed by atoms with Gasteiger partial charge in [0, 0.05) is 46.9 Å². The van der Waals surface area contributed by atoms with Gasteiger partial charge in [0.2, 0.25) is 5.78 Å². The fourth-order valence-corrected chi connectivity index (χ4v) is 2.88. The number of hydrogen-bond acceptors (Lipinski definition) is 5. The second-order valence-corrected chi connectivity index (χ2v) is 5.93. The lowest BCUT2D eigenvalue weighted by molar-refractivity contribution is 0.0996. The Morgan fingerprint density at radius 3 is 2.46 bits per heavy atom. The molecule has 0 saturated heterocycles. The van der Waals surface area contributed by atoms with Crippen molar-refractivity contribution >= 4 is 22.7 Å². The molecule has 3 aromatic heterocycles. The SMILES string of the molecule is NC(=O)c1ccc(F)c(C(=O)c2c[nH]c3ncc(-c4cncnc4)cc23)c1F. The standard InChI is InChI=1S/C19H11F2N5O2/c20-14-2-1-11(18(22)28)16(21)15(14)17(27)13-7-26-19-12(13)3-9(6-25-19)10-4-23-8-24-5-10/h1-8H,(H2,22,28)(H,25,26). The number of nitrogens with zero attached hydrogens (tertiary/aromatic N) is 3. The minimum absolute atomic E-state index is 0.000574. The van der Waals surface area contributed by atoms with E-state index in [0.29, 0.717) is 22.2 Å². The van der Waals surface area contributed by atoms with Gasteiger partial charge in [-0.1, -0.05) is 0 Å². The van der Waals surface area contributed by atoms with Crippen molar-refractivity contribution in [1.29, 1.82) is 0 Å². The van der Waals surface area contributed by atoms with Gasteiger partial charge in [-0.3, -0.25) is 9.59 Å². The van der Waals surface area contributed by atoms with Gasteiger partial charge >= 0.3 is 0 Å². The fraction of sp³-hybridized carbons (Fsp3) is 0. The second kappa shape index (κ2) is 6.62. The summed E-state index contributed by atoms with van der Waals surface area (Å²) in [4.78, 5) is 39.1. The lowest BCUT2D eigenvalue weighted by atomic mass is 9.98. The number of carbonyl (C=O) groups is 2. The Hall–Kier alpha value is -4.01. The summed E-state index contributed by atoms with van der Waals surface area (Å²) in [6.07, 6.45) is 7.37. The van der Waals surface area contributed by atoms with Crippen LogP contribution < -0.4 is 5.73 Å². The summed E-state index contributed by atoms with van der Waals surface area (Å²) < 4.78 is 28.8. The summed E-state index contributed by atoms with van der Waals surface area (Å²) in [5.74, 6) is -4.43. The molecule has 4 aromatic rings. The molecule has 0 radical (unpaired) electrons. The largest absolute Gasteiger partial charge is 0.366 e. The van der Waals surface area contributed by atoms with E-state index in [1.165, 1.54) is 12.5 Å². The number of aromatic amines is 1. The number of benzene rings is 1. The van der Waals surface area contributed by atoms with Crippen LogP contribution in [-0.4, -0.2) is 31.6 Å². The third-order valence-electron chi connectivity index (χ3n) is 4.25. The first kappa shape index (κ1) is 17.4. The molecule has 7 nitrogen and oxygen atoms in total. The Balaban J connectivity index is 1.87. The molecule has 9 heteroatoms. The quantitative estimate of drug-likeness (QED) is 0.529. The number of rotatable bonds is 4. The number of H-pyrrole nitrogens is 1. The Bertz CT molecular complexity index is 1240. The van der Waals surface area contributed by atoms with E-state index in [0.717, 1.165) is 12.1 Å². The molecule has 0 aliphatic rings. The van der Waals surface area contributed by atoms with E-state index >= 15 is 0 Å². The summed E-state index contributed by atoms with van der Waals surface area (Å²) in [5, 5.41) is 0.356. The van der Waals surface area contributed by atoms with E-state index in [-0.39, 0.29) is 5.56 Å². The van der Waals surface area contributed by atoms with Crippen LogP contribution in [0.15, 0.2) is 49.3 Å². The lowest BCUT2D eigenvalue weighted by Crippen LogP contribution is -2.17. The molecule has 138 valence electrons. The number of nitrogens with one attached hydrogen (secondary N) is 1. The van der Waals surface area contributed by atoms with Gasteiger partial charge in [-0.15, -0.1) is 0 Å². The summed E-state index contributed by atoms with van der Waals surface area (Å²) >= 11 is 0. The van der Waals surface area contributed by atoms with Gasteiger partial charge in [-0.25, -0.2) is 23.7 Å². The van der Waals surface area contributed by atoms with Gasteiger partial charge in [-0.05, 0) is 18.2 Å². The van der Waals surface area contributed by atoms with Crippen LogP contribution in [0.3, 0.4) is 0 Å².